The molecule has 1 unspecified atom stereocenters. The van der Waals surface area contributed by atoms with Gasteiger partial charge in [-0.3, -0.25) is 0 Å². The molecule has 0 aliphatic carbocycles. The molecule has 3 rings (SSSR count). The van der Waals surface area contributed by atoms with Crippen LogP contribution in [-0.2, 0) is 6.54 Å². The van der Waals surface area contributed by atoms with E-state index in [1.165, 1.54) is 11.3 Å². The third kappa shape index (κ3) is 6.19. The van der Waals surface area contributed by atoms with Crippen molar-refractivity contribution in [3.05, 3.63) is 54.1 Å². The number of guanidine groups is 1. The van der Waals surface area contributed by atoms with Crippen LogP contribution < -0.4 is 25.0 Å². The van der Waals surface area contributed by atoms with Gasteiger partial charge >= 0.3 is 0 Å². The molecule has 1 aliphatic rings. The summed E-state index contributed by atoms with van der Waals surface area (Å²) in [5.74, 6) is 2.36. The number of fused-ring (bicyclic) bond motifs is 1. The summed E-state index contributed by atoms with van der Waals surface area (Å²) in [5.41, 5.74) is 2.34. The summed E-state index contributed by atoms with van der Waals surface area (Å²) in [6.45, 7) is 4.61. The molecule has 6 nitrogen and oxygen atoms in total. The number of nitrogens with zero attached hydrogens (tertiary/aromatic N) is 2. The summed E-state index contributed by atoms with van der Waals surface area (Å²) in [5, 5.41) is 6.63. The normalized spacial score (nSPS) is 15.4. The van der Waals surface area contributed by atoms with E-state index in [1.807, 2.05) is 38.4 Å². The predicted octanol–water partition coefficient (Wildman–Crippen LogP) is 3.27. The summed E-state index contributed by atoms with van der Waals surface area (Å²) in [6.07, 6.45) is -0.0548. The van der Waals surface area contributed by atoms with Crippen molar-refractivity contribution in [1.29, 1.82) is 0 Å². The van der Waals surface area contributed by atoms with Crippen molar-refractivity contribution < 1.29 is 9.47 Å². The number of aliphatic imine (C=N–C) groups is 1. The van der Waals surface area contributed by atoms with Gasteiger partial charge in [0.15, 0.2) is 17.5 Å². The van der Waals surface area contributed by atoms with Crippen LogP contribution in [0.5, 0.6) is 11.5 Å². The van der Waals surface area contributed by atoms with Gasteiger partial charge in [0.25, 0.3) is 0 Å². The molecule has 0 saturated heterocycles. The molecule has 0 amide bonds. The topological polar surface area (TPSA) is 58.1 Å². The number of rotatable bonds is 6. The van der Waals surface area contributed by atoms with Gasteiger partial charge in [-0.25, -0.2) is 4.99 Å². The molecule has 1 aliphatic heterocycles. The van der Waals surface area contributed by atoms with E-state index in [2.05, 4.69) is 46.7 Å². The van der Waals surface area contributed by atoms with Crippen molar-refractivity contribution in [3.63, 3.8) is 0 Å². The molecule has 28 heavy (non-hydrogen) atoms. The summed E-state index contributed by atoms with van der Waals surface area (Å²) < 4.78 is 11.8. The van der Waals surface area contributed by atoms with Gasteiger partial charge in [0.2, 0.25) is 0 Å². The van der Waals surface area contributed by atoms with Gasteiger partial charge in [-0.2, -0.15) is 0 Å². The van der Waals surface area contributed by atoms with Crippen LogP contribution in [-0.4, -0.2) is 45.9 Å². The zero-order valence-corrected chi connectivity index (χ0v) is 19.0. The largest absolute Gasteiger partial charge is 0.486 e. The quantitative estimate of drug-likeness (QED) is 0.366. The molecule has 2 N–H and O–H groups in total. The average Bonchev–Trinajstić information content (AvgIpc) is 2.70. The molecular formula is C21H29IN4O2. The summed E-state index contributed by atoms with van der Waals surface area (Å²) in [6, 6.07) is 16.1. The first kappa shape index (κ1) is 22.1. The second-order valence-electron chi connectivity index (χ2n) is 6.64. The molecule has 0 radical (unpaired) electrons. The highest BCUT2D eigenvalue weighted by atomic mass is 127. The molecule has 2 aromatic carbocycles. The Morgan fingerprint density at radius 1 is 1.11 bits per heavy atom. The lowest BCUT2D eigenvalue weighted by Crippen LogP contribution is -2.45. The number of nitrogens with one attached hydrogen (secondary N) is 2. The molecule has 0 bridgehead atoms. The minimum atomic E-state index is -0.0548. The Hall–Kier alpha value is -2.16. The summed E-state index contributed by atoms with van der Waals surface area (Å²) >= 11 is 0. The lowest BCUT2D eigenvalue weighted by molar-refractivity contribution is 0.0936. The van der Waals surface area contributed by atoms with E-state index in [0.717, 1.165) is 24.0 Å². The van der Waals surface area contributed by atoms with E-state index < -0.39 is 0 Å². The van der Waals surface area contributed by atoms with Crippen LogP contribution in [0.15, 0.2) is 53.5 Å². The Morgan fingerprint density at radius 2 is 1.89 bits per heavy atom. The highest BCUT2D eigenvalue weighted by molar-refractivity contribution is 14.0. The number of benzene rings is 2. The molecular weight excluding hydrogens is 467 g/mol. The van der Waals surface area contributed by atoms with Crippen molar-refractivity contribution in [2.45, 2.75) is 19.6 Å². The fourth-order valence-electron chi connectivity index (χ4n) is 2.82. The number of ether oxygens (including phenoxy) is 2. The van der Waals surface area contributed by atoms with Gasteiger partial charge in [-0.15, -0.1) is 24.0 Å². The van der Waals surface area contributed by atoms with E-state index in [1.54, 1.807) is 0 Å². The third-order valence-corrected chi connectivity index (χ3v) is 4.26. The van der Waals surface area contributed by atoms with E-state index in [4.69, 9.17) is 14.5 Å². The molecule has 0 aromatic heterocycles. The lowest BCUT2D eigenvalue weighted by atomic mass is 10.2. The van der Waals surface area contributed by atoms with Crippen LogP contribution in [0, 0.1) is 0 Å². The first-order valence-electron chi connectivity index (χ1n) is 9.32. The minimum absolute atomic E-state index is 0. The van der Waals surface area contributed by atoms with E-state index >= 15 is 0 Å². The fourth-order valence-corrected chi connectivity index (χ4v) is 2.82. The van der Waals surface area contributed by atoms with E-state index in [0.29, 0.717) is 19.7 Å². The maximum absolute atomic E-state index is 5.99. The second kappa shape index (κ2) is 11.0. The van der Waals surface area contributed by atoms with Gasteiger partial charge in [0.1, 0.15) is 12.7 Å². The molecule has 0 saturated carbocycles. The highest BCUT2D eigenvalue weighted by Gasteiger charge is 2.20. The minimum Gasteiger partial charge on any atom is -0.486 e. The van der Waals surface area contributed by atoms with E-state index in [9.17, 15) is 0 Å². The first-order valence-corrected chi connectivity index (χ1v) is 9.32. The van der Waals surface area contributed by atoms with Gasteiger partial charge in [-0.1, -0.05) is 24.3 Å². The zero-order chi connectivity index (χ0) is 19.1. The lowest BCUT2D eigenvalue weighted by Gasteiger charge is -2.27. The molecule has 152 valence electrons. The zero-order valence-electron chi connectivity index (χ0n) is 16.6. The summed E-state index contributed by atoms with van der Waals surface area (Å²) in [4.78, 5) is 6.78. The van der Waals surface area contributed by atoms with Crippen molar-refractivity contribution in [2.24, 2.45) is 4.99 Å². The molecule has 1 heterocycles. The SMILES string of the molecule is CCNC(=NCc1cccc(N(C)C)c1)NCC1COc2ccccc2O1.I. The highest BCUT2D eigenvalue weighted by Crippen LogP contribution is 2.30. The average molecular weight is 496 g/mol. The Bertz CT molecular complexity index is 783. The maximum Gasteiger partial charge on any atom is 0.191 e. The number of hydrogen-bond acceptors (Lipinski definition) is 4. The van der Waals surface area contributed by atoms with Crippen LogP contribution >= 0.6 is 24.0 Å². The molecule has 0 spiro atoms. The molecule has 0 fully saturated rings. The third-order valence-electron chi connectivity index (χ3n) is 4.26. The van der Waals surface area contributed by atoms with Gasteiger partial charge in [0.05, 0.1) is 13.1 Å². The predicted molar refractivity (Wildman–Crippen MR) is 125 cm³/mol. The number of para-hydroxylation sites is 2. The maximum atomic E-state index is 5.99. The van der Waals surface area contributed by atoms with Crippen LogP contribution in [0.1, 0.15) is 12.5 Å². The Kier molecular flexibility index (Phi) is 8.69. The number of anilines is 1. The van der Waals surface area contributed by atoms with Crippen molar-refractivity contribution in [3.8, 4) is 11.5 Å². The monoisotopic (exact) mass is 496 g/mol. The van der Waals surface area contributed by atoms with Crippen molar-refractivity contribution in [1.82, 2.24) is 10.6 Å². The van der Waals surface area contributed by atoms with Crippen LogP contribution in [0.4, 0.5) is 5.69 Å². The van der Waals surface area contributed by atoms with Crippen molar-refractivity contribution in [2.75, 3.05) is 38.7 Å². The fraction of sp³-hybridized carbons (Fsp3) is 0.381. The van der Waals surface area contributed by atoms with Crippen LogP contribution in [0.3, 0.4) is 0 Å². The summed E-state index contributed by atoms with van der Waals surface area (Å²) in [7, 11) is 4.08. The first-order chi connectivity index (χ1) is 13.2. The van der Waals surface area contributed by atoms with Crippen LogP contribution in [0.2, 0.25) is 0 Å². The van der Waals surface area contributed by atoms with Gasteiger partial charge < -0.3 is 25.0 Å². The van der Waals surface area contributed by atoms with Gasteiger partial charge in [-0.05, 0) is 36.8 Å². The van der Waals surface area contributed by atoms with Crippen LogP contribution in [0.25, 0.3) is 0 Å². The second-order valence-corrected chi connectivity index (χ2v) is 6.64. The molecule has 2 aromatic rings. The Labute approximate surface area is 184 Å². The Balaban J connectivity index is 0.00000280. The van der Waals surface area contributed by atoms with Crippen molar-refractivity contribution >= 4 is 35.6 Å². The van der Waals surface area contributed by atoms with E-state index in [-0.39, 0.29) is 30.1 Å². The number of halogens is 1. The molecule has 1 atom stereocenters. The van der Waals surface area contributed by atoms with Gasteiger partial charge in [0, 0.05) is 26.3 Å². The Morgan fingerprint density at radius 3 is 2.64 bits per heavy atom. The molecule has 7 heteroatoms. The standard InChI is InChI=1S/C21H28N4O2.HI/c1-4-22-21(23-13-16-8-7-9-17(12-16)25(2)3)24-14-18-15-26-19-10-5-6-11-20(19)27-18;/h5-12,18H,4,13-15H2,1-3H3,(H2,22,23,24);1H. The number of hydrogen-bond donors (Lipinski definition) is 2. The smallest absolute Gasteiger partial charge is 0.191 e.